The highest BCUT2D eigenvalue weighted by Crippen LogP contribution is 2.30. The van der Waals surface area contributed by atoms with Crippen LogP contribution in [0.4, 0.5) is 13.2 Å². The first-order valence-electron chi connectivity index (χ1n) is 7.16. The van der Waals surface area contributed by atoms with Gasteiger partial charge in [-0.1, -0.05) is 6.07 Å². The highest BCUT2D eigenvalue weighted by Gasteiger charge is 2.43. The summed E-state index contributed by atoms with van der Waals surface area (Å²) in [4.78, 5) is 26.0. The SMILES string of the molecule is COc1cccc(OC)c1C(=O)N1CCN(C(=O)C(F)(F)F)CC1. The van der Waals surface area contributed by atoms with Crippen LogP contribution in [0.25, 0.3) is 0 Å². The third-order valence-electron chi connectivity index (χ3n) is 3.74. The number of hydrogen-bond donors (Lipinski definition) is 0. The third-order valence-corrected chi connectivity index (χ3v) is 3.74. The first-order chi connectivity index (χ1) is 11.3. The Labute approximate surface area is 136 Å². The minimum Gasteiger partial charge on any atom is -0.496 e. The Morgan fingerprint density at radius 3 is 1.83 bits per heavy atom. The fourth-order valence-corrected chi connectivity index (χ4v) is 2.51. The number of halogens is 3. The van der Waals surface area contributed by atoms with Gasteiger partial charge in [-0.05, 0) is 12.1 Å². The Morgan fingerprint density at radius 1 is 0.958 bits per heavy atom. The Kier molecular flexibility index (Phi) is 5.20. The van der Waals surface area contributed by atoms with E-state index in [0.717, 1.165) is 0 Å². The van der Waals surface area contributed by atoms with Gasteiger partial charge >= 0.3 is 12.1 Å². The summed E-state index contributed by atoms with van der Waals surface area (Å²) in [5, 5.41) is 0. The summed E-state index contributed by atoms with van der Waals surface area (Å²) in [6, 6.07) is 4.85. The number of piperazine rings is 1. The fraction of sp³-hybridized carbons (Fsp3) is 0.467. The number of hydrogen-bond acceptors (Lipinski definition) is 4. The maximum atomic E-state index is 12.7. The molecule has 0 radical (unpaired) electrons. The van der Waals surface area contributed by atoms with E-state index in [0.29, 0.717) is 16.4 Å². The Morgan fingerprint density at radius 2 is 1.42 bits per heavy atom. The number of methoxy groups -OCH3 is 2. The van der Waals surface area contributed by atoms with Crippen molar-refractivity contribution in [3.05, 3.63) is 23.8 Å². The van der Waals surface area contributed by atoms with Gasteiger partial charge in [-0.3, -0.25) is 9.59 Å². The van der Waals surface area contributed by atoms with Gasteiger partial charge in [0, 0.05) is 26.2 Å². The standard InChI is InChI=1S/C15H17F3N2O4/c1-23-10-4-3-5-11(24-2)12(10)13(21)19-6-8-20(9-7-19)14(22)15(16,17)18/h3-5H,6-9H2,1-2H3. The molecule has 1 saturated heterocycles. The molecule has 0 saturated carbocycles. The monoisotopic (exact) mass is 346 g/mol. The molecule has 0 spiro atoms. The van der Waals surface area contributed by atoms with E-state index in [4.69, 9.17) is 9.47 Å². The lowest BCUT2D eigenvalue weighted by atomic mass is 10.1. The number of alkyl halides is 3. The highest BCUT2D eigenvalue weighted by atomic mass is 19.4. The van der Waals surface area contributed by atoms with Crippen molar-refractivity contribution in [2.24, 2.45) is 0 Å². The molecule has 1 aliphatic heterocycles. The topological polar surface area (TPSA) is 59.1 Å². The van der Waals surface area contributed by atoms with Gasteiger partial charge in [0.05, 0.1) is 14.2 Å². The molecule has 1 heterocycles. The van der Waals surface area contributed by atoms with Crippen LogP contribution in [0.2, 0.25) is 0 Å². The minimum absolute atomic E-state index is 0.00184. The lowest BCUT2D eigenvalue weighted by Gasteiger charge is -2.35. The molecule has 24 heavy (non-hydrogen) atoms. The Balaban J connectivity index is 2.13. The van der Waals surface area contributed by atoms with Gasteiger partial charge in [-0.2, -0.15) is 13.2 Å². The number of amides is 2. The van der Waals surface area contributed by atoms with Gasteiger partial charge in [0.2, 0.25) is 0 Å². The molecule has 9 heteroatoms. The van der Waals surface area contributed by atoms with E-state index in [1.165, 1.54) is 19.1 Å². The summed E-state index contributed by atoms with van der Waals surface area (Å²) in [5.74, 6) is -1.67. The van der Waals surface area contributed by atoms with Crippen LogP contribution in [0, 0.1) is 0 Å². The maximum absolute atomic E-state index is 12.7. The van der Waals surface area contributed by atoms with Crippen molar-refractivity contribution in [1.82, 2.24) is 9.80 Å². The average molecular weight is 346 g/mol. The van der Waals surface area contributed by atoms with Crippen LogP contribution >= 0.6 is 0 Å². The predicted molar refractivity (Wildman–Crippen MR) is 78.1 cm³/mol. The summed E-state index contributed by atoms with van der Waals surface area (Å²) in [6.07, 6.45) is -4.90. The normalized spacial score (nSPS) is 15.2. The highest BCUT2D eigenvalue weighted by molar-refractivity contribution is 6.00. The minimum atomic E-state index is -4.90. The van der Waals surface area contributed by atoms with Gasteiger partial charge in [-0.15, -0.1) is 0 Å². The van der Waals surface area contributed by atoms with Crippen LogP contribution in [0.3, 0.4) is 0 Å². The quantitative estimate of drug-likeness (QED) is 0.833. The third kappa shape index (κ3) is 3.55. The zero-order valence-corrected chi connectivity index (χ0v) is 13.2. The zero-order chi connectivity index (χ0) is 17.9. The van der Waals surface area contributed by atoms with Crippen molar-refractivity contribution < 1.29 is 32.2 Å². The predicted octanol–water partition coefficient (Wildman–Crippen LogP) is 1.55. The van der Waals surface area contributed by atoms with Crippen LogP contribution in [0.15, 0.2) is 18.2 Å². The van der Waals surface area contributed by atoms with E-state index in [2.05, 4.69) is 0 Å². The molecule has 0 N–H and O–H groups in total. The number of nitrogens with zero attached hydrogens (tertiary/aromatic N) is 2. The molecule has 0 atom stereocenters. The molecule has 0 unspecified atom stereocenters. The van der Waals surface area contributed by atoms with E-state index in [1.807, 2.05) is 0 Å². The molecule has 132 valence electrons. The van der Waals surface area contributed by atoms with Crippen LogP contribution in [-0.4, -0.2) is 68.2 Å². The second-order valence-corrected chi connectivity index (χ2v) is 5.12. The van der Waals surface area contributed by atoms with Gasteiger partial charge in [0.1, 0.15) is 17.1 Å². The van der Waals surface area contributed by atoms with E-state index in [1.54, 1.807) is 18.2 Å². The number of ether oxygens (including phenoxy) is 2. The number of carbonyl (C=O) groups excluding carboxylic acids is 2. The lowest BCUT2D eigenvalue weighted by Crippen LogP contribution is -2.53. The van der Waals surface area contributed by atoms with Crippen molar-refractivity contribution in [2.75, 3.05) is 40.4 Å². The van der Waals surface area contributed by atoms with Gasteiger partial charge in [0.25, 0.3) is 5.91 Å². The van der Waals surface area contributed by atoms with E-state index < -0.39 is 18.0 Å². The number of carbonyl (C=O) groups is 2. The molecule has 1 fully saturated rings. The van der Waals surface area contributed by atoms with Gasteiger partial charge in [0.15, 0.2) is 0 Å². The fourth-order valence-electron chi connectivity index (χ4n) is 2.51. The summed E-state index contributed by atoms with van der Waals surface area (Å²) >= 11 is 0. The van der Waals surface area contributed by atoms with Crippen molar-refractivity contribution >= 4 is 11.8 Å². The zero-order valence-electron chi connectivity index (χ0n) is 13.2. The van der Waals surface area contributed by atoms with Gasteiger partial charge < -0.3 is 19.3 Å². The molecule has 1 aromatic carbocycles. The van der Waals surface area contributed by atoms with E-state index in [9.17, 15) is 22.8 Å². The number of benzene rings is 1. The van der Waals surface area contributed by atoms with Crippen LogP contribution < -0.4 is 9.47 Å². The molecule has 0 aliphatic carbocycles. The molecule has 2 rings (SSSR count). The largest absolute Gasteiger partial charge is 0.496 e. The average Bonchev–Trinajstić information content (AvgIpc) is 2.59. The molecule has 0 bridgehead atoms. The van der Waals surface area contributed by atoms with E-state index >= 15 is 0 Å². The van der Waals surface area contributed by atoms with Crippen LogP contribution in [0.1, 0.15) is 10.4 Å². The van der Waals surface area contributed by atoms with Crippen molar-refractivity contribution in [3.63, 3.8) is 0 Å². The lowest BCUT2D eigenvalue weighted by molar-refractivity contribution is -0.186. The first kappa shape index (κ1) is 17.9. The van der Waals surface area contributed by atoms with Crippen LogP contribution in [-0.2, 0) is 4.79 Å². The summed E-state index contributed by atoms with van der Waals surface area (Å²) in [6.45, 7) is -0.354. The molecule has 1 aliphatic rings. The van der Waals surface area contributed by atoms with E-state index in [-0.39, 0.29) is 31.7 Å². The van der Waals surface area contributed by atoms with Gasteiger partial charge in [-0.25, -0.2) is 0 Å². The second-order valence-electron chi connectivity index (χ2n) is 5.12. The molecule has 1 aromatic rings. The molecule has 2 amide bonds. The van der Waals surface area contributed by atoms with Crippen molar-refractivity contribution in [3.8, 4) is 11.5 Å². The summed E-state index contributed by atoms with van der Waals surface area (Å²) in [5.41, 5.74) is 0.207. The van der Waals surface area contributed by atoms with Crippen molar-refractivity contribution in [1.29, 1.82) is 0 Å². The molecular weight excluding hydrogens is 329 g/mol. The Hall–Kier alpha value is -2.45. The number of rotatable bonds is 3. The second kappa shape index (κ2) is 6.98. The first-order valence-corrected chi connectivity index (χ1v) is 7.16. The Bertz CT molecular complexity index is 603. The van der Waals surface area contributed by atoms with Crippen molar-refractivity contribution in [2.45, 2.75) is 6.18 Å². The smallest absolute Gasteiger partial charge is 0.471 e. The summed E-state index contributed by atoms with van der Waals surface area (Å²) < 4.78 is 47.7. The van der Waals surface area contributed by atoms with Crippen LogP contribution in [0.5, 0.6) is 11.5 Å². The maximum Gasteiger partial charge on any atom is 0.471 e. The molecule has 0 aromatic heterocycles. The molecule has 6 nitrogen and oxygen atoms in total. The molecular formula is C15H17F3N2O4. The summed E-state index contributed by atoms with van der Waals surface area (Å²) in [7, 11) is 2.82.